The summed E-state index contributed by atoms with van der Waals surface area (Å²) in [7, 11) is 0. The lowest BCUT2D eigenvalue weighted by Gasteiger charge is -2.77. The lowest BCUT2D eigenvalue weighted by molar-refractivity contribution is -0.225. The van der Waals surface area contributed by atoms with Crippen LogP contribution < -0.4 is 11.5 Å². The molecule has 0 aromatic rings. The Balaban J connectivity index is 1.77. The van der Waals surface area contributed by atoms with Crippen LogP contribution in [0.15, 0.2) is 0 Å². The molecule has 7 aliphatic carbocycles. The topological polar surface area (TPSA) is 52.0 Å². The van der Waals surface area contributed by atoms with Gasteiger partial charge in [0, 0.05) is 11.1 Å². The molecule has 8 bridgehead atoms. The highest BCUT2D eigenvalue weighted by molar-refractivity contribution is 5.30. The second-order valence-electron chi connectivity index (χ2n) is 7.70. The van der Waals surface area contributed by atoms with E-state index >= 15 is 0 Å². The van der Waals surface area contributed by atoms with Crippen molar-refractivity contribution < 1.29 is 0 Å². The standard InChI is InChI=1S/C14H22N2/c15-13-5-7-1-9-10-2-8(4-11(9)13)6-14(13,16)12(10)3-7/h7-12H,1-6,15-16H2/t7-,8-,9+,10+,11-,12-,13-,14-/m0/s1. The molecule has 2 nitrogen and oxygen atoms in total. The van der Waals surface area contributed by atoms with Crippen LogP contribution in [0.1, 0.15) is 38.5 Å². The van der Waals surface area contributed by atoms with Crippen LogP contribution in [0.25, 0.3) is 0 Å². The van der Waals surface area contributed by atoms with E-state index < -0.39 is 0 Å². The molecule has 7 rings (SSSR count). The van der Waals surface area contributed by atoms with Crippen molar-refractivity contribution in [3.05, 3.63) is 0 Å². The summed E-state index contributed by atoms with van der Waals surface area (Å²) in [5, 5.41) is 0. The molecule has 0 unspecified atom stereocenters. The lowest BCUT2D eigenvalue weighted by Crippen LogP contribution is -2.86. The first-order valence-corrected chi connectivity index (χ1v) is 7.19. The maximum Gasteiger partial charge on any atom is 0.0373 e. The predicted molar refractivity (Wildman–Crippen MR) is 62.5 cm³/mol. The molecule has 88 valence electrons. The van der Waals surface area contributed by atoms with E-state index in [1.165, 1.54) is 38.5 Å². The van der Waals surface area contributed by atoms with Gasteiger partial charge < -0.3 is 11.5 Å². The van der Waals surface area contributed by atoms with E-state index in [1.807, 2.05) is 0 Å². The summed E-state index contributed by atoms with van der Waals surface area (Å²) in [4.78, 5) is 0. The first kappa shape index (κ1) is 8.93. The van der Waals surface area contributed by atoms with Crippen LogP contribution >= 0.6 is 0 Å². The third-order valence-corrected chi connectivity index (χ3v) is 7.41. The summed E-state index contributed by atoms with van der Waals surface area (Å²) >= 11 is 0. The van der Waals surface area contributed by atoms with Gasteiger partial charge in [0.2, 0.25) is 0 Å². The maximum atomic E-state index is 6.86. The normalized spacial score (nSPS) is 73.9. The van der Waals surface area contributed by atoms with Crippen molar-refractivity contribution in [1.29, 1.82) is 0 Å². The molecule has 7 aliphatic rings. The van der Waals surface area contributed by atoms with Crippen molar-refractivity contribution in [2.45, 2.75) is 49.6 Å². The second kappa shape index (κ2) is 2.24. The molecule has 0 aromatic carbocycles. The zero-order valence-electron chi connectivity index (χ0n) is 9.86. The second-order valence-corrected chi connectivity index (χ2v) is 7.70. The molecule has 16 heavy (non-hydrogen) atoms. The van der Waals surface area contributed by atoms with Crippen LogP contribution in [0, 0.1) is 35.5 Å². The van der Waals surface area contributed by atoms with E-state index in [9.17, 15) is 0 Å². The monoisotopic (exact) mass is 218 g/mol. The Labute approximate surface area is 97.1 Å². The van der Waals surface area contributed by atoms with Crippen LogP contribution in [0.2, 0.25) is 0 Å². The molecule has 0 aliphatic heterocycles. The number of nitrogens with two attached hydrogens (primary N) is 2. The Morgan fingerprint density at radius 1 is 0.688 bits per heavy atom. The van der Waals surface area contributed by atoms with Gasteiger partial charge in [-0.3, -0.25) is 0 Å². The molecule has 2 heteroatoms. The van der Waals surface area contributed by atoms with Gasteiger partial charge in [-0.15, -0.1) is 0 Å². The average molecular weight is 218 g/mol. The van der Waals surface area contributed by atoms with Crippen molar-refractivity contribution in [2.75, 3.05) is 0 Å². The van der Waals surface area contributed by atoms with Crippen molar-refractivity contribution >= 4 is 0 Å². The van der Waals surface area contributed by atoms with Crippen molar-refractivity contribution in [3.8, 4) is 0 Å². The third kappa shape index (κ3) is 0.669. The molecule has 7 fully saturated rings. The molecule has 0 saturated heterocycles. The largest absolute Gasteiger partial charge is 0.323 e. The van der Waals surface area contributed by atoms with Gasteiger partial charge in [0.05, 0.1) is 0 Å². The first-order chi connectivity index (χ1) is 7.62. The zero-order chi connectivity index (χ0) is 10.7. The summed E-state index contributed by atoms with van der Waals surface area (Å²) in [5.74, 6) is 5.38. The summed E-state index contributed by atoms with van der Waals surface area (Å²) in [6, 6.07) is 0. The smallest absolute Gasteiger partial charge is 0.0373 e. The van der Waals surface area contributed by atoms with Gasteiger partial charge in [-0.05, 0) is 74.0 Å². The van der Waals surface area contributed by atoms with Gasteiger partial charge in [0.25, 0.3) is 0 Å². The molecule has 0 spiro atoms. The predicted octanol–water partition coefficient (Wildman–Crippen LogP) is 1.49. The Morgan fingerprint density at radius 2 is 1.12 bits per heavy atom. The van der Waals surface area contributed by atoms with Gasteiger partial charge in [-0.1, -0.05) is 0 Å². The van der Waals surface area contributed by atoms with Crippen molar-refractivity contribution in [3.63, 3.8) is 0 Å². The fraction of sp³-hybridized carbons (Fsp3) is 1.00. The zero-order valence-corrected chi connectivity index (χ0v) is 9.86. The quantitative estimate of drug-likeness (QED) is 0.647. The minimum absolute atomic E-state index is 0.0386. The summed E-state index contributed by atoms with van der Waals surface area (Å²) in [5.41, 5.74) is 13.8. The molecule has 0 radical (unpaired) electrons. The van der Waals surface area contributed by atoms with E-state index in [-0.39, 0.29) is 11.1 Å². The Hall–Kier alpha value is -0.0800. The third-order valence-electron chi connectivity index (χ3n) is 7.41. The highest BCUT2D eigenvalue weighted by atomic mass is 15.0. The Bertz CT molecular complexity index is 345. The number of hydrogen-bond acceptors (Lipinski definition) is 2. The van der Waals surface area contributed by atoms with Gasteiger partial charge in [0.15, 0.2) is 0 Å². The van der Waals surface area contributed by atoms with E-state index in [0.29, 0.717) is 0 Å². The minimum atomic E-state index is 0.0386. The summed E-state index contributed by atoms with van der Waals surface area (Å²) < 4.78 is 0. The lowest BCUT2D eigenvalue weighted by atomic mass is 9.31. The van der Waals surface area contributed by atoms with Crippen LogP contribution in [0.5, 0.6) is 0 Å². The van der Waals surface area contributed by atoms with E-state index in [0.717, 1.165) is 35.5 Å². The molecule has 7 saturated carbocycles. The van der Waals surface area contributed by atoms with Crippen LogP contribution in [0.4, 0.5) is 0 Å². The summed E-state index contributed by atoms with van der Waals surface area (Å²) in [6.45, 7) is 0. The van der Waals surface area contributed by atoms with Gasteiger partial charge in [-0.2, -0.15) is 0 Å². The van der Waals surface area contributed by atoms with Crippen LogP contribution in [-0.4, -0.2) is 11.1 Å². The van der Waals surface area contributed by atoms with Crippen molar-refractivity contribution in [2.24, 2.45) is 47.0 Å². The molecular weight excluding hydrogens is 196 g/mol. The van der Waals surface area contributed by atoms with Gasteiger partial charge in [-0.25, -0.2) is 0 Å². The fourth-order valence-corrected chi connectivity index (χ4v) is 7.15. The molecule has 4 N–H and O–H groups in total. The molecule has 0 amide bonds. The molecule has 0 aromatic heterocycles. The number of hydrogen-bond donors (Lipinski definition) is 2. The van der Waals surface area contributed by atoms with Crippen LogP contribution in [0.3, 0.4) is 0 Å². The Morgan fingerprint density at radius 3 is 1.56 bits per heavy atom. The summed E-state index contributed by atoms with van der Waals surface area (Å²) in [6.07, 6.45) is 8.31. The Kier molecular flexibility index (Phi) is 1.25. The SMILES string of the molecule is N[C@@]12C[C@H]3C[C@@H]4[C@H]5C[C@@H](C[C@@H]41)C[C@]2(N)[C@H]5C3. The van der Waals surface area contributed by atoms with Crippen molar-refractivity contribution in [1.82, 2.24) is 0 Å². The fourth-order valence-electron chi connectivity index (χ4n) is 7.15. The van der Waals surface area contributed by atoms with E-state index in [2.05, 4.69) is 0 Å². The van der Waals surface area contributed by atoms with E-state index in [4.69, 9.17) is 11.5 Å². The van der Waals surface area contributed by atoms with Gasteiger partial charge >= 0.3 is 0 Å². The molecule has 0 heterocycles. The van der Waals surface area contributed by atoms with Gasteiger partial charge in [0.1, 0.15) is 0 Å². The maximum absolute atomic E-state index is 6.86. The molecule has 8 atom stereocenters. The highest BCUT2D eigenvalue weighted by Gasteiger charge is 2.74. The van der Waals surface area contributed by atoms with Crippen LogP contribution in [-0.2, 0) is 0 Å². The molecular formula is C14H22N2. The average Bonchev–Trinajstić information content (AvgIpc) is 2.25. The highest BCUT2D eigenvalue weighted by Crippen LogP contribution is 2.72. The first-order valence-electron chi connectivity index (χ1n) is 7.19. The van der Waals surface area contributed by atoms with E-state index in [1.54, 1.807) is 0 Å². The minimum Gasteiger partial charge on any atom is -0.323 e. The number of rotatable bonds is 0.